The van der Waals surface area contributed by atoms with Gasteiger partial charge in [-0.1, -0.05) is 12.1 Å². The van der Waals surface area contributed by atoms with Gasteiger partial charge in [-0.3, -0.25) is 4.57 Å². The molecular formula is C13H12N2O2S. The minimum atomic E-state index is -0.108. The van der Waals surface area contributed by atoms with E-state index in [-0.39, 0.29) is 5.69 Å². The molecule has 0 spiro atoms. The lowest BCUT2D eigenvalue weighted by Gasteiger charge is -2.03. The molecule has 0 bridgehead atoms. The molecular weight excluding hydrogens is 248 g/mol. The first-order valence-corrected chi connectivity index (χ1v) is 6.45. The fourth-order valence-corrected chi connectivity index (χ4v) is 2.73. The summed E-state index contributed by atoms with van der Waals surface area (Å²) < 4.78 is 6.98. The summed E-state index contributed by atoms with van der Waals surface area (Å²) in [6.07, 6.45) is 0. The maximum Gasteiger partial charge on any atom is 0.326 e. The number of para-hydroxylation sites is 1. The largest absolute Gasteiger partial charge is 0.494 e. The van der Waals surface area contributed by atoms with Gasteiger partial charge in [0.05, 0.1) is 19.2 Å². The molecule has 0 unspecified atom stereocenters. The number of H-pyrrole nitrogens is 1. The van der Waals surface area contributed by atoms with Gasteiger partial charge in [-0.25, -0.2) is 4.79 Å². The minimum absolute atomic E-state index is 0.108. The van der Waals surface area contributed by atoms with Crippen LogP contribution in [0.15, 0.2) is 40.5 Å². The van der Waals surface area contributed by atoms with Crippen molar-refractivity contribution >= 4 is 22.4 Å². The monoisotopic (exact) mass is 260 g/mol. The Morgan fingerprint density at radius 1 is 1.33 bits per heavy atom. The van der Waals surface area contributed by atoms with E-state index in [1.165, 1.54) is 0 Å². The lowest BCUT2D eigenvalue weighted by atomic mass is 10.3. The van der Waals surface area contributed by atoms with Gasteiger partial charge in [0.1, 0.15) is 11.3 Å². The van der Waals surface area contributed by atoms with Gasteiger partial charge in [-0.05, 0) is 23.6 Å². The summed E-state index contributed by atoms with van der Waals surface area (Å²) in [4.78, 5) is 16.0. The fraction of sp³-hybridized carbons (Fsp3) is 0.154. The van der Waals surface area contributed by atoms with Crippen LogP contribution in [-0.2, 0) is 6.54 Å². The van der Waals surface area contributed by atoms with Crippen molar-refractivity contribution < 1.29 is 4.74 Å². The smallest absolute Gasteiger partial charge is 0.326 e. The highest BCUT2D eigenvalue weighted by Crippen LogP contribution is 2.23. The van der Waals surface area contributed by atoms with Gasteiger partial charge in [0.2, 0.25) is 0 Å². The highest BCUT2D eigenvalue weighted by atomic mass is 32.1. The highest BCUT2D eigenvalue weighted by Gasteiger charge is 2.10. The van der Waals surface area contributed by atoms with Gasteiger partial charge in [-0.2, -0.15) is 0 Å². The summed E-state index contributed by atoms with van der Waals surface area (Å²) in [7, 11) is 1.60. The number of hydrogen-bond acceptors (Lipinski definition) is 3. The summed E-state index contributed by atoms with van der Waals surface area (Å²) in [6.45, 7) is 0.587. The molecule has 18 heavy (non-hydrogen) atoms. The van der Waals surface area contributed by atoms with Crippen molar-refractivity contribution in [1.82, 2.24) is 9.55 Å². The molecule has 3 rings (SSSR count). The van der Waals surface area contributed by atoms with Crippen LogP contribution in [0.4, 0.5) is 0 Å². The van der Waals surface area contributed by atoms with Gasteiger partial charge in [0, 0.05) is 4.88 Å². The first kappa shape index (κ1) is 11.1. The normalized spacial score (nSPS) is 10.9. The third kappa shape index (κ3) is 1.73. The third-order valence-electron chi connectivity index (χ3n) is 2.89. The van der Waals surface area contributed by atoms with E-state index >= 15 is 0 Å². The van der Waals surface area contributed by atoms with E-state index in [9.17, 15) is 4.79 Å². The predicted molar refractivity (Wildman–Crippen MR) is 72.5 cm³/mol. The maximum absolute atomic E-state index is 12.0. The third-order valence-corrected chi connectivity index (χ3v) is 3.75. The molecule has 1 aromatic carbocycles. The second-order valence-electron chi connectivity index (χ2n) is 3.95. The summed E-state index contributed by atoms with van der Waals surface area (Å²) >= 11 is 1.64. The van der Waals surface area contributed by atoms with Gasteiger partial charge in [0.25, 0.3) is 0 Å². The van der Waals surface area contributed by atoms with E-state index in [1.54, 1.807) is 23.0 Å². The van der Waals surface area contributed by atoms with E-state index in [0.29, 0.717) is 12.3 Å². The summed E-state index contributed by atoms with van der Waals surface area (Å²) in [5.41, 5.74) is 1.51. The van der Waals surface area contributed by atoms with Crippen LogP contribution in [-0.4, -0.2) is 16.7 Å². The van der Waals surface area contributed by atoms with Crippen LogP contribution >= 0.6 is 11.3 Å². The van der Waals surface area contributed by atoms with Crippen LogP contribution < -0.4 is 10.4 Å². The Kier molecular flexibility index (Phi) is 2.68. The molecule has 0 atom stereocenters. The van der Waals surface area contributed by atoms with Crippen molar-refractivity contribution in [1.29, 1.82) is 0 Å². The molecule has 3 aromatic rings. The number of fused-ring (bicyclic) bond motifs is 1. The van der Waals surface area contributed by atoms with Gasteiger partial charge < -0.3 is 9.72 Å². The molecule has 0 amide bonds. The number of aromatic amines is 1. The lowest BCUT2D eigenvalue weighted by Crippen LogP contribution is -2.16. The zero-order valence-corrected chi connectivity index (χ0v) is 10.7. The lowest BCUT2D eigenvalue weighted by molar-refractivity contribution is 0.419. The number of imidazole rings is 1. The molecule has 4 nitrogen and oxygen atoms in total. The predicted octanol–water partition coefficient (Wildman–Crippen LogP) is 2.45. The van der Waals surface area contributed by atoms with Crippen LogP contribution in [0.25, 0.3) is 11.0 Å². The van der Waals surface area contributed by atoms with Crippen LogP contribution in [0.3, 0.4) is 0 Å². The molecule has 5 heteroatoms. The van der Waals surface area contributed by atoms with Gasteiger partial charge >= 0.3 is 5.69 Å². The van der Waals surface area contributed by atoms with Crippen LogP contribution in [0.5, 0.6) is 5.75 Å². The number of thiophene rings is 1. The highest BCUT2D eigenvalue weighted by molar-refractivity contribution is 7.09. The Morgan fingerprint density at radius 2 is 2.22 bits per heavy atom. The molecule has 2 aromatic heterocycles. The number of rotatable bonds is 3. The molecule has 1 N–H and O–H groups in total. The number of aromatic nitrogens is 2. The number of ether oxygens (including phenoxy) is 1. The molecule has 0 saturated heterocycles. The molecule has 0 radical (unpaired) electrons. The summed E-state index contributed by atoms with van der Waals surface area (Å²) in [6, 6.07) is 9.66. The number of benzene rings is 1. The molecule has 0 aliphatic carbocycles. The Labute approximate surface area is 107 Å². The molecule has 92 valence electrons. The second kappa shape index (κ2) is 4.34. The van der Waals surface area contributed by atoms with Crippen LogP contribution in [0.1, 0.15) is 4.88 Å². The van der Waals surface area contributed by atoms with E-state index < -0.39 is 0 Å². The van der Waals surface area contributed by atoms with E-state index in [1.807, 2.05) is 35.7 Å². The topological polar surface area (TPSA) is 47.0 Å². The maximum atomic E-state index is 12.0. The van der Waals surface area contributed by atoms with Crippen molar-refractivity contribution in [3.8, 4) is 5.75 Å². The number of hydrogen-bond donors (Lipinski definition) is 1. The van der Waals surface area contributed by atoms with E-state index in [0.717, 1.165) is 15.9 Å². The average Bonchev–Trinajstić information content (AvgIpc) is 2.99. The quantitative estimate of drug-likeness (QED) is 0.786. The summed E-state index contributed by atoms with van der Waals surface area (Å²) in [5.74, 6) is 0.689. The van der Waals surface area contributed by atoms with Crippen LogP contribution in [0.2, 0.25) is 0 Å². The van der Waals surface area contributed by atoms with Gasteiger partial charge in [0.15, 0.2) is 0 Å². The zero-order chi connectivity index (χ0) is 12.5. The second-order valence-corrected chi connectivity index (χ2v) is 4.98. The molecule has 0 saturated carbocycles. The Hall–Kier alpha value is -2.01. The summed E-state index contributed by atoms with van der Waals surface area (Å²) in [5, 5.41) is 2.01. The molecule has 0 fully saturated rings. The number of nitrogens with zero attached hydrogens (tertiary/aromatic N) is 1. The number of nitrogens with one attached hydrogen (secondary N) is 1. The van der Waals surface area contributed by atoms with E-state index in [2.05, 4.69) is 4.98 Å². The Balaban J connectivity index is 2.17. The Bertz CT molecular complexity index is 725. The molecule has 0 aliphatic rings. The van der Waals surface area contributed by atoms with Crippen molar-refractivity contribution in [3.63, 3.8) is 0 Å². The SMILES string of the molecule is COc1cccc2c1[nH]c(=O)n2Cc1cccs1. The average molecular weight is 260 g/mol. The first-order valence-electron chi connectivity index (χ1n) is 5.57. The van der Waals surface area contributed by atoms with Crippen molar-refractivity contribution in [3.05, 3.63) is 51.1 Å². The Morgan fingerprint density at radius 3 is 2.94 bits per heavy atom. The molecule has 0 aliphatic heterocycles. The standard InChI is InChI=1S/C13H12N2O2S/c1-17-11-6-2-5-10-12(11)14-13(16)15(10)8-9-4-3-7-18-9/h2-7H,8H2,1H3,(H,14,16). The van der Waals surface area contributed by atoms with Crippen molar-refractivity contribution in [2.75, 3.05) is 7.11 Å². The van der Waals surface area contributed by atoms with Crippen LogP contribution in [0, 0.1) is 0 Å². The van der Waals surface area contributed by atoms with E-state index in [4.69, 9.17) is 4.74 Å². The fourth-order valence-electron chi connectivity index (χ4n) is 2.04. The zero-order valence-electron chi connectivity index (χ0n) is 9.84. The minimum Gasteiger partial charge on any atom is -0.494 e. The molecule has 2 heterocycles. The van der Waals surface area contributed by atoms with Gasteiger partial charge in [-0.15, -0.1) is 11.3 Å². The first-order chi connectivity index (χ1) is 8.79. The number of methoxy groups -OCH3 is 1. The van der Waals surface area contributed by atoms with Crippen molar-refractivity contribution in [2.45, 2.75) is 6.54 Å². The van der Waals surface area contributed by atoms with Crippen molar-refractivity contribution in [2.24, 2.45) is 0 Å².